The van der Waals surface area contributed by atoms with Crippen molar-refractivity contribution in [3.8, 4) is 0 Å². The van der Waals surface area contributed by atoms with Crippen LogP contribution in [0.25, 0.3) is 0 Å². The van der Waals surface area contributed by atoms with Crippen molar-refractivity contribution < 1.29 is 0 Å². The standard InChI is InChI=1S/C7H17N.C5H10/c1-7(2)5-3-4-6-8;1-4-5(2)3/h7H,3-6,8H2,1-2H3;4-5H,1H2,2-3H3. The highest BCUT2D eigenvalue weighted by Crippen LogP contribution is 2.04. The first-order chi connectivity index (χ1) is 6.04. The molecule has 80 valence electrons. The van der Waals surface area contributed by atoms with Gasteiger partial charge in [0.2, 0.25) is 0 Å². The Morgan fingerprint density at radius 2 is 1.62 bits per heavy atom. The Morgan fingerprint density at radius 3 is 1.85 bits per heavy atom. The second kappa shape index (κ2) is 11.7. The molecule has 0 aliphatic heterocycles. The maximum absolute atomic E-state index is 5.31. The molecule has 0 saturated heterocycles. The highest BCUT2D eigenvalue weighted by molar-refractivity contribution is 4.69. The van der Waals surface area contributed by atoms with Gasteiger partial charge in [-0.3, -0.25) is 0 Å². The maximum atomic E-state index is 5.31. The molecule has 0 amide bonds. The van der Waals surface area contributed by atoms with Crippen molar-refractivity contribution in [2.24, 2.45) is 17.6 Å². The molecule has 0 aromatic carbocycles. The molecular formula is C12H27N. The van der Waals surface area contributed by atoms with Crippen molar-refractivity contribution in [3.63, 3.8) is 0 Å². The highest BCUT2D eigenvalue weighted by Gasteiger charge is 1.90. The van der Waals surface area contributed by atoms with E-state index in [0.717, 1.165) is 12.5 Å². The third-order valence-electron chi connectivity index (χ3n) is 1.71. The van der Waals surface area contributed by atoms with Crippen LogP contribution in [0.1, 0.15) is 47.0 Å². The lowest BCUT2D eigenvalue weighted by molar-refractivity contribution is 0.541. The predicted octanol–water partition coefficient (Wildman–Crippen LogP) is 3.60. The van der Waals surface area contributed by atoms with E-state index in [1.54, 1.807) is 0 Å². The van der Waals surface area contributed by atoms with E-state index in [4.69, 9.17) is 5.73 Å². The average molecular weight is 185 g/mol. The summed E-state index contributed by atoms with van der Waals surface area (Å²) in [5.41, 5.74) is 5.31. The van der Waals surface area contributed by atoms with Gasteiger partial charge in [-0.1, -0.05) is 46.6 Å². The van der Waals surface area contributed by atoms with Crippen LogP contribution in [-0.2, 0) is 0 Å². The van der Waals surface area contributed by atoms with Crippen LogP contribution in [0.4, 0.5) is 0 Å². The molecule has 0 rings (SSSR count). The molecule has 0 aliphatic rings. The number of nitrogens with two attached hydrogens (primary N) is 1. The third kappa shape index (κ3) is 24.5. The summed E-state index contributed by atoms with van der Waals surface area (Å²) in [6, 6.07) is 0. The second-order valence-electron chi connectivity index (χ2n) is 4.16. The monoisotopic (exact) mass is 185 g/mol. The van der Waals surface area contributed by atoms with Crippen LogP contribution in [0.3, 0.4) is 0 Å². The number of hydrogen-bond acceptors (Lipinski definition) is 1. The van der Waals surface area contributed by atoms with Crippen molar-refractivity contribution in [1.82, 2.24) is 0 Å². The lowest BCUT2D eigenvalue weighted by atomic mass is 10.1. The normalized spacial score (nSPS) is 9.77. The fourth-order valence-electron chi connectivity index (χ4n) is 0.697. The number of unbranched alkanes of at least 4 members (excludes halogenated alkanes) is 1. The van der Waals surface area contributed by atoms with Crippen molar-refractivity contribution in [1.29, 1.82) is 0 Å². The zero-order valence-electron chi connectivity index (χ0n) is 9.84. The SMILES string of the molecule is C=CC(C)C.CC(C)CCCCN. The van der Waals surface area contributed by atoms with Crippen LogP contribution < -0.4 is 5.73 Å². The highest BCUT2D eigenvalue weighted by atomic mass is 14.5. The number of rotatable bonds is 5. The Labute approximate surface area is 84.4 Å². The van der Waals surface area contributed by atoms with Crippen LogP contribution in [0.5, 0.6) is 0 Å². The van der Waals surface area contributed by atoms with Gasteiger partial charge >= 0.3 is 0 Å². The first-order valence-corrected chi connectivity index (χ1v) is 5.37. The van der Waals surface area contributed by atoms with Crippen molar-refractivity contribution >= 4 is 0 Å². The summed E-state index contributed by atoms with van der Waals surface area (Å²) in [4.78, 5) is 0. The van der Waals surface area contributed by atoms with Gasteiger partial charge in [-0.25, -0.2) is 0 Å². The first-order valence-electron chi connectivity index (χ1n) is 5.37. The molecule has 1 heteroatoms. The summed E-state index contributed by atoms with van der Waals surface area (Å²) >= 11 is 0. The Balaban J connectivity index is 0. The summed E-state index contributed by atoms with van der Waals surface area (Å²) in [5, 5.41) is 0. The fraction of sp³-hybridized carbons (Fsp3) is 0.833. The van der Waals surface area contributed by atoms with Gasteiger partial charge in [0.25, 0.3) is 0 Å². The zero-order valence-corrected chi connectivity index (χ0v) is 9.84. The second-order valence-corrected chi connectivity index (χ2v) is 4.16. The van der Waals surface area contributed by atoms with E-state index in [9.17, 15) is 0 Å². The van der Waals surface area contributed by atoms with Crippen LogP contribution in [0.2, 0.25) is 0 Å². The molecule has 0 radical (unpaired) electrons. The molecule has 0 bridgehead atoms. The van der Waals surface area contributed by atoms with Gasteiger partial charge in [0.15, 0.2) is 0 Å². The van der Waals surface area contributed by atoms with E-state index in [-0.39, 0.29) is 0 Å². The molecule has 13 heavy (non-hydrogen) atoms. The Morgan fingerprint density at radius 1 is 1.15 bits per heavy atom. The summed E-state index contributed by atoms with van der Waals surface area (Å²) in [5.74, 6) is 1.50. The Hall–Kier alpha value is -0.300. The van der Waals surface area contributed by atoms with Gasteiger partial charge in [-0.2, -0.15) is 0 Å². The van der Waals surface area contributed by atoms with Crippen LogP contribution in [-0.4, -0.2) is 6.54 Å². The molecule has 1 nitrogen and oxygen atoms in total. The van der Waals surface area contributed by atoms with E-state index >= 15 is 0 Å². The molecule has 0 unspecified atom stereocenters. The van der Waals surface area contributed by atoms with E-state index in [1.165, 1.54) is 19.3 Å². The lowest BCUT2D eigenvalue weighted by Crippen LogP contribution is -1.98. The summed E-state index contributed by atoms with van der Waals surface area (Å²) in [6.07, 6.45) is 5.74. The Kier molecular flexibility index (Phi) is 13.7. The van der Waals surface area contributed by atoms with Crippen molar-refractivity contribution in [2.45, 2.75) is 47.0 Å². The van der Waals surface area contributed by atoms with Gasteiger partial charge in [0.05, 0.1) is 0 Å². The van der Waals surface area contributed by atoms with Gasteiger partial charge < -0.3 is 5.73 Å². The van der Waals surface area contributed by atoms with E-state index in [1.807, 2.05) is 6.08 Å². The molecule has 2 N–H and O–H groups in total. The predicted molar refractivity (Wildman–Crippen MR) is 62.8 cm³/mol. The molecule has 0 aromatic rings. The molecule has 0 atom stereocenters. The van der Waals surface area contributed by atoms with Crippen LogP contribution in [0, 0.1) is 11.8 Å². The lowest BCUT2D eigenvalue weighted by Gasteiger charge is -2.00. The summed E-state index contributed by atoms with van der Waals surface area (Å²) < 4.78 is 0. The molecule has 0 saturated carbocycles. The fourth-order valence-corrected chi connectivity index (χ4v) is 0.697. The average Bonchev–Trinajstić information content (AvgIpc) is 2.05. The molecule has 0 aliphatic carbocycles. The Bertz CT molecular complexity index is 95.3. The molecule has 0 heterocycles. The van der Waals surface area contributed by atoms with Crippen molar-refractivity contribution in [2.75, 3.05) is 6.54 Å². The van der Waals surface area contributed by atoms with E-state index in [2.05, 4.69) is 34.3 Å². The van der Waals surface area contributed by atoms with Gasteiger partial charge in [0, 0.05) is 0 Å². The van der Waals surface area contributed by atoms with Crippen LogP contribution in [0.15, 0.2) is 12.7 Å². The van der Waals surface area contributed by atoms with Crippen molar-refractivity contribution in [3.05, 3.63) is 12.7 Å². The minimum atomic E-state index is 0.648. The quantitative estimate of drug-likeness (QED) is 0.514. The van der Waals surface area contributed by atoms with Gasteiger partial charge in [-0.05, 0) is 24.8 Å². The summed E-state index contributed by atoms with van der Waals surface area (Å²) in [7, 11) is 0. The minimum absolute atomic E-state index is 0.648. The van der Waals surface area contributed by atoms with E-state index < -0.39 is 0 Å². The molecular weight excluding hydrogens is 158 g/mol. The smallest absolute Gasteiger partial charge is 0.00773 e. The maximum Gasteiger partial charge on any atom is -0.00773 e. The molecule has 0 fully saturated rings. The topological polar surface area (TPSA) is 26.0 Å². The first kappa shape index (κ1) is 15.2. The molecule has 0 spiro atoms. The third-order valence-corrected chi connectivity index (χ3v) is 1.71. The number of hydrogen-bond donors (Lipinski definition) is 1. The van der Waals surface area contributed by atoms with Gasteiger partial charge in [0.1, 0.15) is 0 Å². The minimum Gasteiger partial charge on any atom is -0.330 e. The van der Waals surface area contributed by atoms with Crippen LogP contribution >= 0.6 is 0 Å². The zero-order chi connectivity index (χ0) is 10.7. The molecule has 0 aromatic heterocycles. The van der Waals surface area contributed by atoms with Gasteiger partial charge in [-0.15, -0.1) is 6.58 Å². The number of allylic oxidation sites excluding steroid dienone is 1. The van der Waals surface area contributed by atoms with E-state index in [0.29, 0.717) is 5.92 Å². The largest absolute Gasteiger partial charge is 0.330 e. The summed E-state index contributed by atoms with van der Waals surface area (Å²) in [6.45, 7) is 13.1.